The van der Waals surface area contributed by atoms with Crippen LogP contribution in [0.1, 0.15) is 16.7 Å². The summed E-state index contributed by atoms with van der Waals surface area (Å²) in [6, 6.07) is 12.4. The molecule has 0 atom stereocenters. The van der Waals surface area contributed by atoms with E-state index in [9.17, 15) is 17.6 Å². The Bertz CT molecular complexity index is 985. The van der Waals surface area contributed by atoms with Crippen molar-refractivity contribution in [3.05, 3.63) is 88.5 Å². The molecule has 146 valence electrons. The predicted molar refractivity (Wildman–Crippen MR) is 98.0 cm³/mol. The molecule has 0 aliphatic heterocycles. The summed E-state index contributed by atoms with van der Waals surface area (Å²) in [6.45, 7) is -0.562. The number of ether oxygens (including phenoxy) is 1. The zero-order valence-corrected chi connectivity index (χ0v) is 15.1. The highest BCUT2D eigenvalue weighted by Crippen LogP contribution is 2.30. The molecule has 0 saturated heterocycles. The summed E-state index contributed by atoms with van der Waals surface area (Å²) in [4.78, 5) is 0. The Kier molecular flexibility index (Phi) is 5.99. The number of aliphatic hydroxyl groups is 1. The molecule has 0 aliphatic carbocycles. The van der Waals surface area contributed by atoms with E-state index in [1.54, 1.807) is 24.3 Å². The fraction of sp³-hybridized carbons (Fsp3) is 0.182. The highest BCUT2D eigenvalue weighted by atomic mass is 19.2. The fourth-order valence-corrected chi connectivity index (χ4v) is 2.99. The quantitative estimate of drug-likeness (QED) is 0.587. The first-order valence-corrected chi connectivity index (χ1v) is 8.64. The Labute approximate surface area is 160 Å². The maximum atomic E-state index is 14.2. The number of hydrogen-bond acceptors (Lipinski definition) is 2. The molecule has 2 nitrogen and oxygen atoms in total. The molecule has 0 aliphatic rings. The maximum Gasteiger partial charge on any atom is 0.201 e. The van der Waals surface area contributed by atoms with Gasteiger partial charge in [0.2, 0.25) is 5.82 Å². The highest BCUT2D eigenvalue weighted by Gasteiger charge is 2.16. The standard InChI is InChI=1S/C22H18F4O2/c1-28-18-11-10-17(21(25)22(18)26)14-5-2-13(3-6-14)4-7-15-8-9-16(12-27)20(24)19(15)23/h2-3,5-6,8-11,27H,4,7,12H2,1H3. The number of rotatable bonds is 6. The van der Waals surface area contributed by atoms with Crippen LogP contribution in [0.25, 0.3) is 11.1 Å². The smallest absolute Gasteiger partial charge is 0.201 e. The number of aliphatic hydroxyl groups excluding tert-OH is 1. The van der Waals surface area contributed by atoms with Crippen molar-refractivity contribution >= 4 is 0 Å². The van der Waals surface area contributed by atoms with E-state index in [0.29, 0.717) is 12.0 Å². The van der Waals surface area contributed by atoms with Crippen molar-refractivity contribution in [2.45, 2.75) is 19.4 Å². The summed E-state index contributed by atoms with van der Waals surface area (Å²) in [7, 11) is 1.26. The minimum Gasteiger partial charge on any atom is -0.494 e. The molecule has 0 amide bonds. The zero-order chi connectivity index (χ0) is 20.3. The van der Waals surface area contributed by atoms with E-state index in [1.807, 2.05) is 0 Å². The number of hydrogen-bond donors (Lipinski definition) is 1. The van der Waals surface area contributed by atoms with Gasteiger partial charge in [-0.25, -0.2) is 13.2 Å². The fourth-order valence-electron chi connectivity index (χ4n) is 2.99. The average Bonchev–Trinajstić information content (AvgIpc) is 2.72. The Morgan fingerprint density at radius 3 is 2.00 bits per heavy atom. The third-order valence-corrected chi connectivity index (χ3v) is 4.63. The Balaban J connectivity index is 1.76. The zero-order valence-electron chi connectivity index (χ0n) is 15.1. The lowest BCUT2D eigenvalue weighted by Crippen LogP contribution is -2.01. The number of methoxy groups -OCH3 is 1. The highest BCUT2D eigenvalue weighted by molar-refractivity contribution is 5.65. The molecule has 0 saturated carbocycles. The third kappa shape index (κ3) is 3.87. The van der Waals surface area contributed by atoms with E-state index < -0.39 is 29.9 Å². The maximum absolute atomic E-state index is 14.2. The van der Waals surface area contributed by atoms with E-state index >= 15 is 0 Å². The molecule has 0 unspecified atom stereocenters. The summed E-state index contributed by atoms with van der Waals surface area (Å²) < 4.78 is 60.6. The molecule has 0 fully saturated rings. The van der Waals surface area contributed by atoms with Crippen LogP contribution >= 0.6 is 0 Å². The molecule has 3 aromatic rings. The Morgan fingerprint density at radius 1 is 0.714 bits per heavy atom. The van der Waals surface area contributed by atoms with Crippen LogP contribution in [0.3, 0.4) is 0 Å². The van der Waals surface area contributed by atoms with Gasteiger partial charge in [0.1, 0.15) is 0 Å². The van der Waals surface area contributed by atoms with Crippen LogP contribution in [-0.2, 0) is 19.4 Å². The monoisotopic (exact) mass is 390 g/mol. The Hall–Kier alpha value is -2.86. The van der Waals surface area contributed by atoms with Gasteiger partial charge in [-0.15, -0.1) is 0 Å². The second kappa shape index (κ2) is 8.44. The number of halogens is 4. The molecular formula is C22H18F4O2. The first-order chi connectivity index (χ1) is 13.5. The molecule has 0 bridgehead atoms. The Morgan fingerprint density at radius 2 is 1.36 bits per heavy atom. The van der Waals surface area contributed by atoms with Crippen molar-refractivity contribution in [3.63, 3.8) is 0 Å². The van der Waals surface area contributed by atoms with Crippen LogP contribution < -0.4 is 4.74 Å². The minimum atomic E-state index is -1.05. The number of aryl methyl sites for hydroxylation is 2. The van der Waals surface area contributed by atoms with Crippen molar-refractivity contribution in [2.75, 3.05) is 7.11 Å². The molecule has 0 spiro atoms. The van der Waals surface area contributed by atoms with Gasteiger partial charge in [0.25, 0.3) is 0 Å². The van der Waals surface area contributed by atoms with Gasteiger partial charge in [-0.3, -0.25) is 0 Å². The molecular weight excluding hydrogens is 372 g/mol. The van der Waals surface area contributed by atoms with Crippen LogP contribution in [0.5, 0.6) is 5.75 Å². The van der Waals surface area contributed by atoms with Crippen LogP contribution in [0.15, 0.2) is 48.5 Å². The molecule has 3 rings (SSSR count). The second-order valence-electron chi connectivity index (χ2n) is 6.31. The van der Waals surface area contributed by atoms with E-state index in [-0.39, 0.29) is 28.9 Å². The third-order valence-electron chi connectivity index (χ3n) is 4.63. The van der Waals surface area contributed by atoms with Crippen molar-refractivity contribution < 1.29 is 27.4 Å². The predicted octanol–water partition coefficient (Wildman–Crippen LogP) is 5.20. The largest absolute Gasteiger partial charge is 0.494 e. The molecule has 0 radical (unpaired) electrons. The topological polar surface area (TPSA) is 29.5 Å². The first kappa shape index (κ1) is 19.9. The van der Waals surface area contributed by atoms with E-state index in [1.165, 1.54) is 31.4 Å². The van der Waals surface area contributed by atoms with Gasteiger partial charge in [-0.2, -0.15) is 4.39 Å². The van der Waals surface area contributed by atoms with E-state index in [4.69, 9.17) is 9.84 Å². The van der Waals surface area contributed by atoms with E-state index in [2.05, 4.69) is 0 Å². The number of benzene rings is 3. The van der Waals surface area contributed by atoms with Gasteiger partial charge in [0.05, 0.1) is 13.7 Å². The van der Waals surface area contributed by atoms with Gasteiger partial charge in [-0.1, -0.05) is 36.4 Å². The van der Waals surface area contributed by atoms with Crippen molar-refractivity contribution in [1.29, 1.82) is 0 Å². The summed E-state index contributed by atoms with van der Waals surface area (Å²) >= 11 is 0. The molecule has 0 heterocycles. The first-order valence-electron chi connectivity index (χ1n) is 8.64. The molecule has 0 aromatic heterocycles. The molecule has 3 aromatic carbocycles. The normalized spacial score (nSPS) is 10.9. The molecule has 1 N–H and O–H groups in total. The van der Waals surface area contributed by atoms with Crippen LogP contribution in [0, 0.1) is 23.3 Å². The van der Waals surface area contributed by atoms with Gasteiger partial charge >= 0.3 is 0 Å². The van der Waals surface area contributed by atoms with Gasteiger partial charge in [0, 0.05) is 11.1 Å². The lowest BCUT2D eigenvalue weighted by Gasteiger charge is -2.10. The van der Waals surface area contributed by atoms with Crippen LogP contribution in [0.4, 0.5) is 17.6 Å². The lowest BCUT2D eigenvalue weighted by atomic mass is 9.99. The molecule has 6 heteroatoms. The lowest BCUT2D eigenvalue weighted by molar-refractivity contribution is 0.273. The summed E-state index contributed by atoms with van der Waals surface area (Å²) in [5.41, 5.74) is 1.57. The minimum absolute atomic E-state index is 0.0839. The van der Waals surface area contributed by atoms with Gasteiger partial charge in [0.15, 0.2) is 23.2 Å². The van der Waals surface area contributed by atoms with Crippen molar-refractivity contribution in [2.24, 2.45) is 0 Å². The SMILES string of the molecule is COc1ccc(-c2ccc(CCc3ccc(CO)c(F)c3F)cc2)c(F)c1F. The van der Waals surface area contributed by atoms with Crippen molar-refractivity contribution in [3.8, 4) is 16.9 Å². The molecule has 28 heavy (non-hydrogen) atoms. The van der Waals surface area contributed by atoms with Crippen LogP contribution in [0.2, 0.25) is 0 Å². The van der Waals surface area contributed by atoms with Crippen molar-refractivity contribution in [1.82, 2.24) is 0 Å². The summed E-state index contributed by atoms with van der Waals surface area (Å²) in [6.07, 6.45) is 0.702. The summed E-state index contributed by atoms with van der Waals surface area (Å²) in [5, 5.41) is 8.96. The van der Waals surface area contributed by atoms with Crippen LogP contribution in [-0.4, -0.2) is 12.2 Å². The summed E-state index contributed by atoms with van der Waals surface area (Å²) in [5.74, 6) is -4.20. The average molecular weight is 390 g/mol. The van der Waals surface area contributed by atoms with Gasteiger partial charge < -0.3 is 9.84 Å². The van der Waals surface area contributed by atoms with E-state index in [0.717, 1.165) is 5.56 Å². The second-order valence-corrected chi connectivity index (χ2v) is 6.31. The van der Waals surface area contributed by atoms with Gasteiger partial charge in [-0.05, 0) is 41.7 Å².